The van der Waals surface area contributed by atoms with Crippen LogP contribution in [0.1, 0.15) is 30.3 Å². The zero-order chi connectivity index (χ0) is 20.2. The van der Waals surface area contributed by atoms with E-state index in [0.29, 0.717) is 16.8 Å². The third-order valence-electron chi connectivity index (χ3n) is 4.47. The lowest BCUT2D eigenvalue weighted by Gasteiger charge is -2.11. The number of carbonyl (C=O) groups excluding carboxylic acids is 1. The summed E-state index contributed by atoms with van der Waals surface area (Å²) < 4.78 is 7.91. The molecule has 29 heavy (non-hydrogen) atoms. The van der Waals surface area contributed by atoms with Gasteiger partial charge in [0.1, 0.15) is 12.4 Å². The van der Waals surface area contributed by atoms with E-state index < -0.39 is 0 Å². The standard InChI is InChI=1S/C21H21ClN4O2S/c1-14-5-4-6-15(11-14)23-20(27)13-29-21-25-24-19(26(21)16-9-10-16)12-28-18-8-3-2-7-17(18)22/h2-8,11,16H,9-10,12-13H2,1H3,(H,23,27). The summed E-state index contributed by atoms with van der Waals surface area (Å²) in [6.45, 7) is 2.28. The summed E-state index contributed by atoms with van der Waals surface area (Å²) in [5, 5.41) is 12.8. The van der Waals surface area contributed by atoms with Gasteiger partial charge in [-0.2, -0.15) is 0 Å². The van der Waals surface area contributed by atoms with Crippen LogP contribution in [0.4, 0.5) is 5.69 Å². The third kappa shape index (κ3) is 5.10. The SMILES string of the molecule is Cc1cccc(NC(=O)CSc2nnc(COc3ccccc3Cl)n2C2CC2)c1. The van der Waals surface area contributed by atoms with Gasteiger partial charge in [-0.05, 0) is 49.6 Å². The van der Waals surface area contributed by atoms with Crippen LogP contribution in [-0.2, 0) is 11.4 Å². The summed E-state index contributed by atoms with van der Waals surface area (Å²) >= 11 is 7.54. The zero-order valence-corrected chi connectivity index (χ0v) is 17.5. The maximum atomic E-state index is 12.3. The van der Waals surface area contributed by atoms with Gasteiger partial charge in [0.25, 0.3) is 0 Å². The van der Waals surface area contributed by atoms with Gasteiger partial charge in [0.05, 0.1) is 10.8 Å². The zero-order valence-electron chi connectivity index (χ0n) is 16.0. The Balaban J connectivity index is 1.39. The maximum Gasteiger partial charge on any atom is 0.234 e. The minimum Gasteiger partial charge on any atom is -0.484 e. The number of thioether (sulfide) groups is 1. The van der Waals surface area contributed by atoms with Crippen molar-refractivity contribution in [1.29, 1.82) is 0 Å². The molecule has 1 amide bonds. The second-order valence-electron chi connectivity index (χ2n) is 6.93. The molecule has 2 aromatic carbocycles. The molecule has 1 saturated carbocycles. The molecular weight excluding hydrogens is 408 g/mol. The summed E-state index contributed by atoms with van der Waals surface area (Å²) in [5.74, 6) is 1.56. The van der Waals surface area contributed by atoms with Crippen LogP contribution in [0, 0.1) is 6.92 Å². The number of para-hydroxylation sites is 1. The van der Waals surface area contributed by atoms with Gasteiger partial charge in [-0.1, -0.05) is 47.6 Å². The van der Waals surface area contributed by atoms with Crippen LogP contribution in [0.25, 0.3) is 0 Å². The number of nitrogens with one attached hydrogen (secondary N) is 1. The first-order chi connectivity index (χ1) is 14.1. The summed E-state index contributed by atoms with van der Waals surface area (Å²) in [4.78, 5) is 12.3. The largest absolute Gasteiger partial charge is 0.484 e. The van der Waals surface area contributed by atoms with Crippen LogP contribution in [0.15, 0.2) is 53.7 Å². The monoisotopic (exact) mass is 428 g/mol. The Morgan fingerprint density at radius 2 is 2.07 bits per heavy atom. The van der Waals surface area contributed by atoms with E-state index in [-0.39, 0.29) is 18.3 Å². The molecule has 0 radical (unpaired) electrons. The number of aromatic nitrogens is 3. The number of hydrogen-bond acceptors (Lipinski definition) is 5. The average molecular weight is 429 g/mol. The number of amides is 1. The van der Waals surface area contributed by atoms with Crippen LogP contribution in [0.2, 0.25) is 5.02 Å². The predicted octanol–water partition coefficient (Wildman–Crippen LogP) is 4.88. The van der Waals surface area contributed by atoms with Crippen LogP contribution in [-0.4, -0.2) is 26.4 Å². The summed E-state index contributed by atoms with van der Waals surface area (Å²) in [5.41, 5.74) is 1.90. The van der Waals surface area contributed by atoms with Gasteiger partial charge >= 0.3 is 0 Å². The van der Waals surface area contributed by atoms with Crippen LogP contribution in [0.3, 0.4) is 0 Å². The highest BCUT2D eigenvalue weighted by Gasteiger charge is 2.30. The predicted molar refractivity (Wildman–Crippen MR) is 115 cm³/mol. The maximum absolute atomic E-state index is 12.3. The van der Waals surface area contributed by atoms with Crippen LogP contribution in [0.5, 0.6) is 5.75 Å². The van der Waals surface area contributed by atoms with Crippen molar-refractivity contribution in [3.63, 3.8) is 0 Å². The van der Waals surface area contributed by atoms with Crippen molar-refractivity contribution in [1.82, 2.24) is 14.8 Å². The van der Waals surface area contributed by atoms with Gasteiger partial charge in [0.2, 0.25) is 5.91 Å². The fourth-order valence-corrected chi connectivity index (χ4v) is 3.97. The van der Waals surface area contributed by atoms with E-state index in [0.717, 1.165) is 35.1 Å². The van der Waals surface area contributed by atoms with Crippen molar-refractivity contribution >= 4 is 35.0 Å². The Morgan fingerprint density at radius 1 is 1.24 bits per heavy atom. The van der Waals surface area contributed by atoms with Crippen molar-refractivity contribution < 1.29 is 9.53 Å². The topological polar surface area (TPSA) is 69.0 Å². The number of rotatable bonds is 8. The molecule has 1 N–H and O–H groups in total. The first-order valence-corrected chi connectivity index (χ1v) is 10.8. The van der Waals surface area contributed by atoms with Gasteiger partial charge in [-0.15, -0.1) is 10.2 Å². The quantitative estimate of drug-likeness (QED) is 0.517. The smallest absolute Gasteiger partial charge is 0.234 e. The molecule has 0 saturated heterocycles. The molecule has 1 heterocycles. The minimum atomic E-state index is -0.0696. The van der Waals surface area contributed by atoms with E-state index in [1.165, 1.54) is 11.8 Å². The van der Waals surface area contributed by atoms with Crippen molar-refractivity contribution in [2.75, 3.05) is 11.1 Å². The van der Waals surface area contributed by atoms with Crippen molar-refractivity contribution in [2.24, 2.45) is 0 Å². The van der Waals surface area contributed by atoms with E-state index in [4.69, 9.17) is 16.3 Å². The lowest BCUT2D eigenvalue weighted by molar-refractivity contribution is -0.113. The lowest BCUT2D eigenvalue weighted by Crippen LogP contribution is -2.15. The van der Waals surface area contributed by atoms with Gasteiger partial charge in [0, 0.05) is 11.7 Å². The molecule has 0 unspecified atom stereocenters. The average Bonchev–Trinajstić information content (AvgIpc) is 3.46. The lowest BCUT2D eigenvalue weighted by atomic mass is 10.2. The normalized spacial score (nSPS) is 13.3. The summed E-state index contributed by atoms with van der Waals surface area (Å²) in [6, 6.07) is 15.5. The molecule has 150 valence electrons. The molecule has 6 nitrogen and oxygen atoms in total. The summed E-state index contributed by atoms with van der Waals surface area (Å²) in [7, 11) is 0. The van der Waals surface area contributed by atoms with E-state index >= 15 is 0 Å². The Morgan fingerprint density at radius 3 is 2.83 bits per heavy atom. The first-order valence-electron chi connectivity index (χ1n) is 9.40. The molecule has 1 aliphatic rings. The highest BCUT2D eigenvalue weighted by atomic mass is 35.5. The Labute approximate surface area is 178 Å². The molecule has 8 heteroatoms. The number of nitrogens with zero attached hydrogens (tertiary/aromatic N) is 3. The highest BCUT2D eigenvalue weighted by molar-refractivity contribution is 7.99. The van der Waals surface area contributed by atoms with E-state index in [9.17, 15) is 4.79 Å². The van der Waals surface area contributed by atoms with E-state index in [2.05, 4.69) is 20.1 Å². The van der Waals surface area contributed by atoms with Gasteiger partial charge in [-0.25, -0.2) is 0 Å². The Kier molecular flexibility index (Phi) is 6.06. The van der Waals surface area contributed by atoms with Crippen molar-refractivity contribution in [3.8, 4) is 5.75 Å². The fraction of sp³-hybridized carbons (Fsp3) is 0.286. The van der Waals surface area contributed by atoms with Gasteiger partial charge < -0.3 is 10.1 Å². The fourth-order valence-electron chi connectivity index (χ4n) is 2.96. The second-order valence-corrected chi connectivity index (χ2v) is 8.28. The molecular formula is C21H21ClN4O2S. The van der Waals surface area contributed by atoms with Crippen LogP contribution < -0.4 is 10.1 Å². The molecule has 1 aliphatic carbocycles. The molecule has 3 aromatic rings. The first kappa shape index (κ1) is 19.8. The highest BCUT2D eigenvalue weighted by Crippen LogP contribution is 2.39. The number of halogens is 1. The van der Waals surface area contributed by atoms with Crippen LogP contribution >= 0.6 is 23.4 Å². The number of benzene rings is 2. The Bertz CT molecular complexity index is 1020. The van der Waals surface area contributed by atoms with Gasteiger partial charge in [-0.3, -0.25) is 9.36 Å². The van der Waals surface area contributed by atoms with E-state index in [1.807, 2.05) is 49.4 Å². The number of carbonyl (C=O) groups is 1. The number of anilines is 1. The van der Waals surface area contributed by atoms with Crippen molar-refractivity contribution in [3.05, 3.63) is 64.9 Å². The molecule has 1 aromatic heterocycles. The molecule has 4 rings (SSSR count). The van der Waals surface area contributed by atoms with Gasteiger partial charge in [0.15, 0.2) is 11.0 Å². The van der Waals surface area contributed by atoms with E-state index in [1.54, 1.807) is 6.07 Å². The second kappa shape index (κ2) is 8.88. The van der Waals surface area contributed by atoms with Crippen molar-refractivity contribution in [2.45, 2.75) is 37.6 Å². The molecule has 0 bridgehead atoms. The summed E-state index contributed by atoms with van der Waals surface area (Å²) in [6.07, 6.45) is 2.17. The number of aryl methyl sites for hydroxylation is 1. The molecule has 1 fully saturated rings. The Hall–Kier alpha value is -2.51. The molecule has 0 spiro atoms. The molecule has 0 atom stereocenters. The third-order valence-corrected chi connectivity index (χ3v) is 5.73. The number of hydrogen-bond donors (Lipinski definition) is 1. The minimum absolute atomic E-state index is 0.0696. The molecule has 0 aliphatic heterocycles. The number of ether oxygens (including phenoxy) is 1.